The summed E-state index contributed by atoms with van der Waals surface area (Å²) in [6.45, 7) is 23.1. The molecule has 1 aromatic carbocycles. The number of hydrogen-bond donors (Lipinski definition) is 0. The first-order valence-electron chi connectivity index (χ1n) is 12.1. The van der Waals surface area contributed by atoms with Crippen molar-refractivity contribution in [1.82, 2.24) is 4.90 Å². The number of β-lactam (4-membered cyclic amide) rings is 1. The molecule has 0 aliphatic carbocycles. The van der Waals surface area contributed by atoms with Crippen molar-refractivity contribution in [1.29, 1.82) is 0 Å². The summed E-state index contributed by atoms with van der Waals surface area (Å²) in [6.07, 6.45) is -0.539. The van der Waals surface area contributed by atoms with Crippen molar-refractivity contribution in [2.45, 2.75) is 102 Å². The Balaban J connectivity index is 2.49. The molecule has 0 bridgehead atoms. The molecular weight excluding hydrogens is 515 g/mol. The molecule has 1 aliphatic heterocycles. The largest absolute Gasteiger partial charge is 0.458 e. The van der Waals surface area contributed by atoms with Crippen molar-refractivity contribution in [3.05, 3.63) is 42.5 Å². The molecule has 1 heterocycles. The van der Waals surface area contributed by atoms with E-state index in [-0.39, 0.29) is 15.8 Å². The number of hydrogen-bond acceptors (Lipinski definition) is 7. The lowest BCUT2D eigenvalue weighted by atomic mass is 9.89. The molecule has 10 heteroatoms. The van der Waals surface area contributed by atoms with Crippen molar-refractivity contribution < 1.29 is 27.2 Å². The number of carbonyl (C=O) groups is 2. The zero-order valence-corrected chi connectivity index (χ0v) is 25.7. The zero-order valence-electron chi connectivity index (χ0n) is 23.1. The third-order valence-corrected chi connectivity index (χ3v) is 14.9. The lowest BCUT2D eigenvalue weighted by Crippen LogP contribution is -2.69. The van der Waals surface area contributed by atoms with Gasteiger partial charge in [-0.05, 0) is 81.3 Å². The summed E-state index contributed by atoms with van der Waals surface area (Å²) in [5, 5.41) is -0.944. The molecule has 1 fully saturated rings. The number of nitrogens with zero attached hydrogens (tertiary/aromatic N) is 1. The summed E-state index contributed by atoms with van der Waals surface area (Å²) in [4.78, 5) is 28.2. The van der Waals surface area contributed by atoms with Crippen LogP contribution >= 0.6 is 10.8 Å². The molecule has 2 rings (SSSR count). The highest BCUT2D eigenvalue weighted by atomic mass is 33.1. The average Bonchev–Trinajstić information content (AvgIpc) is 2.69. The number of esters is 1. The monoisotopic (exact) mass is 555 g/mol. The minimum atomic E-state index is -3.84. The molecule has 1 amide bonds. The van der Waals surface area contributed by atoms with E-state index in [4.69, 9.17) is 9.16 Å². The Morgan fingerprint density at radius 2 is 1.64 bits per heavy atom. The topological polar surface area (TPSA) is 90.0 Å². The van der Waals surface area contributed by atoms with Crippen LogP contribution in [-0.2, 0) is 27.6 Å². The number of likely N-dealkylation sites (tertiary alicyclic amines) is 1. The Kier molecular flexibility index (Phi) is 9.03. The molecule has 0 spiro atoms. The van der Waals surface area contributed by atoms with Crippen LogP contribution in [0.3, 0.4) is 0 Å². The second kappa shape index (κ2) is 10.6. The molecule has 0 N–H and O–H groups in total. The Morgan fingerprint density at radius 1 is 1.11 bits per heavy atom. The van der Waals surface area contributed by atoms with Gasteiger partial charge in [0.15, 0.2) is 14.4 Å². The van der Waals surface area contributed by atoms with Crippen LogP contribution in [-0.4, -0.2) is 56.6 Å². The molecular formula is C26H41NO6S2Si. The van der Waals surface area contributed by atoms with E-state index < -0.39 is 52.2 Å². The first-order chi connectivity index (χ1) is 16.2. The van der Waals surface area contributed by atoms with Crippen molar-refractivity contribution in [2.75, 3.05) is 0 Å². The van der Waals surface area contributed by atoms with Crippen molar-refractivity contribution in [3.8, 4) is 0 Å². The van der Waals surface area contributed by atoms with Crippen LogP contribution in [0.5, 0.6) is 0 Å². The van der Waals surface area contributed by atoms with Gasteiger partial charge in [0.05, 0.1) is 16.9 Å². The second-order valence-corrected chi connectivity index (χ2v) is 20.6. The van der Waals surface area contributed by atoms with Gasteiger partial charge >= 0.3 is 5.97 Å². The maximum Gasteiger partial charge on any atom is 0.333 e. The third kappa shape index (κ3) is 6.82. The number of benzene rings is 1. The van der Waals surface area contributed by atoms with Crippen LogP contribution < -0.4 is 0 Å². The molecule has 36 heavy (non-hydrogen) atoms. The van der Waals surface area contributed by atoms with Crippen LogP contribution in [0.1, 0.15) is 55.4 Å². The van der Waals surface area contributed by atoms with Crippen molar-refractivity contribution in [2.24, 2.45) is 5.92 Å². The molecule has 1 saturated heterocycles. The normalized spacial score (nSPS) is 20.9. The molecule has 3 unspecified atom stereocenters. The summed E-state index contributed by atoms with van der Waals surface area (Å²) in [6, 6.07) is 6.96. The number of carbonyl (C=O) groups excluding carboxylic acids is 2. The highest BCUT2D eigenvalue weighted by molar-refractivity contribution is 8.72. The lowest BCUT2D eigenvalue weighted by molar-refractivity contribution is -0.174. The molecule has 202 valence electrons. The van der Waals surface area contributed by atoms with Crippen molar-refractivity contribution >= 4 is 39.9 Å². The van der Waals surface area contributed by atoms with Gasteiger partial charge in [0.25, 0.3) is 0 Å². The summed E-state index contributed by atoms with van der Waals surface area (Å²) in [5.41, 5.74) is -0.382. The maximum atomic E-state index is 13.6. The van der Waals surface area contributed by atoms with Crippen LogP contribution in [0.25, 0.3) is 0 Å². The summed E-state index contributed by atoms with van der Waals surface area (Å²) in [7, 11) is -5.43. The van der Waals surface area contributed by atoms with E-state index in [1.54, 1.807) is 45.9 Å². The van der Waals surface area contributed by atoms with Crippen LogP contribution in [0.15, 0.2) is 47.4 Å². The van der Waals surface area contributed by atoms with Gasteiger partial charge in [-0.1, -0.05) is 45.5 Å². The Bertz CT molecular complexity index is 1090. The van der Waals surface area contributed by atoms with E-state index in [9.17, 15) is 18.0 Å². The van der Waals surface area contributed by atoms with Gasteiger partial charge in [0.2, 0.25) is 14.8 Å². The fourth-order valence-electron chi connectivity index (χ4n) is 3.72. The van der Waals surface area contributed by atoms with E-state index in [0.717, 1.165) is 0 Å². The van der Waals surface area contributed by atoms with Crippen molar-refractivity contribution in [3.63, 3.8) is 0 Å². The Hall–Kier alpha value is -1.62. The van der Waals surface area contributed by atoms with Gasteiger partial charge in [-0.15, -0.1) is 0 Å². The molecule has 0 saturated carbocycles. The zero-order chi connectivity index (χ0) is 27.9. The predicted octanol–water partition coefficient (Wildman–Crippen LogP) is 5.59. The number of rotatable bonds is 9. The van der Waals surface area contributed by atoms with Gasteiger partial charge < -0.3 is 14.1 Å². The standard InChI is InChI=1S/C26H41NO6S2Si/c1-17(2)21(24(29)32-25(4,5)6)27-22(28)20(18(3)33-36(10,11)26(7,8)9)23(27)34-35(30,31)19-15-13-12-14-16-19/h12-16,18,20-21,23H,1H2,2-11H3/t18-,20?,21?,23?/m1/s1. The highest BCUT2D eigenvalue weighted by Gasteiger charge is 2.58. The number of ether oxygens (including phenoxy) is 1. The number of amides is 1. The summed E-state index contributed by atoms with van der Waals surface area (Å²) < 4.78 is 38.8. The van der Waals surface area contributed by atoms with E-state index >= 15 is 0 Å². The highest BCUT2D eigenvalue weighted by Crippen LogP contribution is 2.47. The quantitative estimate of drug-likeness (QED) is 0.129. The van der Waals surface area contributed by atoms with E-state index in [0.29, 0.717) is 16.4 Å². The molecule has 0 radical (unpaired) electrons. The van der Waals surface area contributed by atoms with Crippen LogP contribution in [0.4, 0.5) is 0 Å². The maximum absolute atomic E-state index is 13.6. The molecule has 0 aromatic heterocycles. The van der Waals surface area contributed by atoms with Gasteiger partial charge in [-0.25, -0.2) is 13.2 Å². The van der Waals surface area contributed by atoms with E-state index in [1.165, 1.54) is 17.0 Å². The lowest BCUT2D eigenvalue weighted by Gasteiger charge is -2.52. The molecule has 7 nitrogen and oxygen atoms in total. The fraction of sp³-hybridized carbons (Fsp3) is 0.615. The van der Waals surface area contributed by atoms with Gasteiger partial charge in [-0.2, -0.15) is 0 Å². The molecule has 1 aromatic rings. The third-order valence-electron chi connectivity index (χ3n) is 6.55. The first kappa shape index (κ1) is 30.6. The minimum Gasteiger partial charge on any atom is -0.458 e. The first-order valence-corrected chi connectivity index (χ1v) is 17.8. The Labute approximate surface area is 221 Å². The van der Waals surface area contributed by atoms with Gasteiger partial charge in [0.1, 0.15) is 11.0 Å². The second-order valence-electron chi connectivity index (χ2n) is 11.9. The Morgan fingerprint density at radius 3 is 2.08 bits per heavy atom. The SMILES string of the molecule is C=C(C)C(C(=O)OC(C)(C)C)N1C(=O)C([C@@H](C)O[Si](C)(C)C(C)(C)C)C1SS(=O)(=O)c1ccccc1. The smallest absolute Gasteiger partial charge is 0.333 e. The van der Waals surface area contributed by atoms with E-state index in [2.05, 4.69) is 40.4 Å². The van der Waals surface area contributed by atoms with Gasteiger partial charge in [-0.3, -0.25) is 4.79 Å². The summed E-state index contributed by atoms with van der Waals surface area (Å²) >= 11 is 0. The van der Waals surface area contributed by atoms with Crippen LogP contribution in [0, 0.1) is 5.92 Å². The van der Waals surface area contributed by atoms with E-state index in [1.807, 2.05) is 6.92 Å². The molecule has 1 aliphatic rings. The predicted molar refractivity (Wildman–Crippen MR) is 148 cm³/mol. The summed E-state index contributed by atoms with van der Waals surface area (Å²) in [5.74, 6) is -1.73. The minimum absolute atomic E-state index is 0.0940. The molecule has 4 atom stereocenters. The van der Waals surface area contributed by atoms with Gasteiger partial charge in [0, 0.05) is 0 Å². The average molecular weight is 556 g/mol. The fourth-order valence-corrected chi connectivity index (χ4v) is 8.87. The van der Waals surface area contributed by atoms with Crippen LogP contribution in [0.2, 0.25) is 18.1 Å².